The smallest absolute Gasteiger partial charge is 0.261 e. The summed E-state index contributed by atoms with van der Waals surface area (Å²) in [5, 5.41) is 7.53. The molecule has 0 aliphatic carbocycles. The predicted octanol–water partition coefficient (Wildman–Crippen LogP) is 5.32. The van der Waals surface area contributed by atoms with Crippen molar-refractivity contribution in [3.05, 3.63) is 89.0 Å². The molecule has 5 rings (SSSR count). The highest BCUT2D eigenvalue weighted by atomic mass is 16.5. The highest BCUT2D eigenvalue weighted by molar-refractivity contribution is 6.16. The quantitative estimate of drug-likeness (QED) is 0.321. The highest BCUT2D eigenvalue weighted by Crippen LogP contribution is 2.29. The van der Waals surface area contributed by atoms with E-state index in [2.05, 4.69) is 10.4 Å². The van der Waals surface area contributed by atoms with E-state index in [-0.39, 0.29) is 17.3 Å². The first-order valence-corrected chi connectivity index (χ1v) is 11.7. The SMILES string of the molecule is CCOc1ccc(/C=N/n2c(N)c(C(=O)Nc3cc(C)cc(C)c3)c3nc4ccccc4nc32)cc1. The summed E-state index contributed by atoms with van der Waals surface area (Å²) >= 11 is 0. The third-order valence-corrected chi connectivity index (χ3v) is 5.69. The van der Waals surface area contributed by atoms with Gasteiger partial charge in [0.2, 0.25) is 0 Å². The number of anilines is 2. The Morgan fingerprint density at radius 3 is 2.36 bits per heavy atom. The first-order valence-electron chi connectivity index (χ1n) is 11.7. The van der Waals surface area contributed by atoms with Crippen LogP contribution in [0.5, 0.6) is 5.75 Å². The molecule has 0 spiro atoms. The van der Waals surface area contributed by atoms with Gasteiger partial charge in [0.1, 0.15) is 22.6 Å². The van der Waals surface area contributed by atoms with Crippen LogP contribution in [-0.2, 0) is 0 Å². The average molecular weight is 479 g/mol. The van der Waals surface area contributed by atoms with Crippen molar-refractivity contribution in [1.82, 2.24) is 14.6 Å². The molecule has 0 radical (unpaired) electrons. The van der Waals surface area contributed by atoms with Crippen molar-refractivity contribution in [3.8, 4) is 5.75 Å². The summed E-state index contributed by atoms with van der Waals surface area (Å²) in [6.07, 6.45) is 1.66. The van der Waals surface area contributed by atoms with Gasteiger partial charge in [-0.1, -0.05) is 18.2 Å². The number of para-hydroxylation sites is 2. The first-order chi connectivity index (χ1) is 17.4. The van der Waals surface area contributed by atoms with E-state index in [0.29, 0.717) is 34.5 Å². The minimum atomic E-state index is -0.373. The van der Waals surface area contributed by atoms with Crippen LogP contribution >= 0.6 is 0 Å². The predicted molar refractivity (Wildman–Crippen MR) is 144 cm³/mol. The summed E-state index contributed by atoms with van der Waals surface area (Å²) in [5.74, 6) is 0.565. The molecule has 0 aliphatic heterocycles. The number of amides is 1. The van der Waals surface area contributed by atoms with Crippen molar-refractivity contribution in [2.75, 3.05) is 17.7 Å². The number of carbonyl (C=O) groups excluding carboxylic acids is 1. The number of nitrogens with two attached hydrogens (primary N) is 1. The maximum atomic E-state index is 13.5. The summed E-state index contributed by atoms with van der Waals surface area (Å²) in [6, 6.07) is 20.9. The normalized spacial score (nSPS) is 11.4. The minimum Gasteiger partial charge on any atom is -0.494 e. The van der Waals surface area contributed by atoms with E-state index in [1.54, 1.807) is 6.21 Å². The van der Waals surface area contributed by atoms with Crippen molar-refractivity contribution in [1.29, 1.82) is 0 Å². The Kier molecular flexibility index (Phi) is 6.08. The number of hydrogen-bond acceptors (Lipinski definition) is 6. The number of rotatable bonds is 6. The molecule has 3 N–H and O–H groups in total. The molecule has 0 atom stereocenters. The molecule has 0 fully saturated rings. The van der Waals surface area contributed by atoms with Crippen LogP contribution in [0.3, 0.4) is 0 Å². The number of ether oxygens (including phenoxy) is 1. The van der Waals surface area contributed by atoms with Crippen molar-refractivity contribution >= 4 is 45.8 Å². The molecule has 2 heterocycles. The van der Waals surface area contributed by atoms with Gasteiger partial charge in [0.15, 0.2) is 5.65 Å². The van der Waals surface area contributed by atoms with Crippen molar-refractivity contribution < 1.29 is 9.53 Å². The summed E-state index contributed by atoms with van der Waals surface area (Å²) in [7, 11) is 0. The first kappa shape index (κ1) is 23.0. The molecule has 5 aromatic rings. The summed E-state index contributed by atoms with van der Waals surface area (Å²) in [5.41, 5.74) is 12.5. The van der Waals surface area contributed by atoms with Crippen LogP contribution in [0, 0.1) is 13.8 Å². The molecule has 2 aromatic heterocycles. The lowest BCUT2D eigenvalue weighted by Crippen LogP contribution is -2.14. The fourth-order valence-corrected chi connectivity index (χ4v) is 4.17. The molecule has 1 amide bonds. The number of benzene rings is 3. The second-order valence-electron chi connectivity index (χ2n) is 8.53. The Hall–Kier alpha value is -4.72. The molecule has 180 valence electrons. The Labute approximate surface area is 208 Å². The minimum absolute atomic E-state index is 0.157. The Morgan fingerprint density at radius 2 is 1.69 bits per heavy atom. The molecule has 0 bridgehead atoms. The molecule has 8 heteroatoms. The van der Waals surface area contributed by atoms with Crippen molar-refractivity contribution in [2.24, 2.45) is 5.10 Å². The lowest BCUT2D eigenvalue weighted by atomic mass is 10.1. The highest BCUT2D eigenvalue weighted by Gasteiger charge is 2.24. The van der Waals surface area contributed by atoms with Crippen LogP contribution in [-0.4, -0.2) is 33.4 Å². The summed E-state index contributed by atoms with van der Waals surface area (Å²) in [4.78, 5) is 22.9. The molecule has 36 heavy (non-hydrogen) atoms. The number of aryl methyl sites for hydroxylation is 2. The zero-order chi connectivity index (χ0) is 25.2. The molecule has 0 saturated heterocycles. The summed E-state index contributed by atoms with van der Waals surface area (Å²) < 4.78 is 6.96. The number of carbonyl (C=O) groups is 1. The maximum absolute atomic E-state index is 13.5. The van der Waals surface area contributed by atoms with Crippen LogP contribution in [0.2, 0.25) is 0 Å². The van der Waals surface area contributed by atoms with Crippen molar-refractivity contribution in [3.63, 3.8) is 0 Å². The number of aromatic nitrogens is 3. The molecule has 0 unspecified atom stereocenters. The Morgan fingerprint density at radius 1 is 1.03 bits per heavy atom. The van der Waals surface area contributed by atoms with Gasteiger partial charge in [-0.05, 0) is 86.0 Å². The van der Waals surface area contributed by atoms with Gasteiger partial charge in [-0.3, -0.25) is 4.79 Å². The monoisotopic (exact) mass is 478 g/mol. The van der Waals surface area contributed by atoms with E-state index < -0.39 is 0 Å². The van der Waals surface area contributed by atoms with E-state index in [1.807, 2.05) is 87.5 Å². The van der Waals surface area contributed by atoms with E-state index in [0.717, 1.165) is 22.4 Å². The van der Waals surface area contributed by atoms with Crippen LogP contribution in [0.25, 0.3) is 22.2 Å². The standard InChI is InChI=1S/C28H26N6O2/c1-4-36-21-11-9-19(10-12-21)16-30-34-26(29)24(28(35)31-20-14-17(2)13-18(3)15-20)25-27(34)33-23-8-6-5-7-22(23)32-25/h5-16H,4,29H2,1-3H3,(H,31,35)/b30-16+. The second-order valence-corrected chi connectivity index (χ2v) is 8.53. The number of nitrogen functional groups attached to an aromatic ring is 1. The molecule has 3 aromatic carbocycles. The lowest BCUT2D eigenvalue weighted by Gasteiger charge is -2.08. The van der Waals surface area contributed by atoms with Gasteiger partial charge in [0.05, 0.1) is 23.9 Å². The van der Waals surface area contributed by atoms with E-state index in [1.165, 1.54) is 4.68 Å². The van der Waals surface area contributed by atoms with E-state index in [9.17, 15) is 4.79 Å². The Bertz CT molecular complexity index is 1600. The van der Waals surface area contributed by atoms with Crippen LogP contribution in [0.1, 0.15) is 34.0 Å². The Balaban J connectivity index is 1.60. The average Bonchev–Trinajstić information content (AvgIpc) is 3.11. The third kappa shape index (κ3) is 4.48. The molecule has 0 aliphatic rings. The number of nitrogens with one attached hydrogen (secondary N) is 1. The molecular formula is C28H26N6O2. The zero-order valence-corrected chi connectivity index (χ0v) is 20.3. The van der Waals surface area contributed by atoms with E-state index >= 15 is 0 Å². The van der Waals surface area contributed by atoms with Gasteiger partial charge in [-0.25, -0.2) is 9.97 Å². The second kappa shape index (κ2) is 9.50. The van der Waals surface area contributed by atoms with Gasteiger partial charge >= 0.3 is 0 Å². The fraction of sp³-hybridized carbons (Fsp3) is 0.143. The van der Waals surface area contributed by atoms with Crippen LogP contribution in [0.15, 0.2) is 71.8 Å². The topological polar surface area (TPSA) is 107 Å². The zero-order valence-electron chi connectivity index (χ0n) is 20.3. The molecule has 0 saturated carbocycles. The third-order valence-electron chi connectivity index (χ3n) is 5.69. The molecular weight excluding hydrogens is 452 g/mol. The fourth-order valence-electron chi connectivity index (χ4n) is 4.17. The van der Waals surface area contributed by atoms with Gasteiger partial charge in [-0.2, -0.15) is 9.78 Å². The van der Waals surface area contributed by atoms with Gasteiger partial charge in [0.25, 0.3) is 5.91 Å². The lowest BCUT2D eigenvalue weighted by molar-refractivity contribution is 0.102. The van der Waals surface area contributed by atoms with E-state index in [4.69, 9.17) is 20.4 Å². The summed E-state index contributed by atoms with van der Waals surface area (Å²) in [6.45, 7) is 6.50. The number of fused-ring (bicyclic) bond motifs is 2. The number of nitrogens with zero attached hydrogens (tertiary/aromatic N) is 4. The molecule has 8 nitrogen and oxygen atoms in total. The van der Waals surface area contributed by atoms with Crippen molar-refractivity contribution in [2.45, 2.75) is 20.8 Å². The van der Waals surface area contributed by atoms with Gasteiger partial charge in [-0.15, -0.1) is 0 Å². The van der Waals surface area contributed by atoms with Crippen LogP contribution in [0.4, 0.5) is 11.5 Å². The van der Waals surface area contributed by atoms with Crippen LogP contribution < -0.4 is 15.8 Å². The van der Waals surface area contributed by atoms with Gasteiger partial charge < -0.3 is 15.8 Å². The maximum Gasteiger partial charge on any atom is 0.261 e. The van der Waals surface area contributed by atoms with Gasteiger partial charge in [0, 0.05) is 5.69 Å². The number of hydrogen-bond donors (Lipinski definition) is 2. The largest absolute Gasteiger partial charge is 0.494 e.